The van der Waals surface area contributed by atoms with E-state index in [9.17, 15) is 13.2 Å². The average Bonchev–Trinajstić information content (AvgIpc) is 2.60. The van der Waals surface area contributed by atoms with Crippen LogP contribution in [0.4, 0.5) is 5.69 Å². The summed E-state index contributed by atoms with van der Waals surface area (Å²) >= 11 is 5.99. The van der Waals surface area contributed by atoms with Crippen LogP contribution in [-0.2, 0) is 14.8 Å². The fourth-order valence-corrected chi connectivity index (χ4v) is 3.18. The minimum atomic E-state index is -3.71. The standard InChI is InChI=1S/C17H18ClN3O4S/c1-25-16-10-6-5-9-15(16)21(26(2,23)24)12-17(22)20-19-11-13-7-3-4-8-14(13)18/h3-11H,12H2,1-2H3,(H,20,22)/b19-11-. The number of hydrazone groups is 1. The first kappa shape index (κ1) is 19.7. The van der Waals surface area contributed by atoms with E-state index >= 15 is 0 Å². The Hall–Kier alpha value is -2.58. The zero-order chi connectivity index (χ0) is 19.2. The molecule has 0 aliphatic carbocycles. The number of carbonyl (C=O) groups is 1. The molecule has 2 aromatic carbocycles. The molecule has 1 N–H and O–H groups in total. The van der Waals surface area contributed by atoms with Crippen LogP contribution in [-0.4, -0.2) is 40.4 Å². The summed E-state index contributed by atoms with van der Waals surface area (Å²) in [4.78, 5) is 12.1. The van der Waals surface area contributed by atoms with Crippen LogP contribution in [0.2, 0.25) is 5.02 Å². The minimum Gasteiger partial charge on any atom is -0.495 e. The molecular weight excluding hydrogens is 378 g/mol. The van der Waals surface area contributed by atoms with Crippen molar-refractivity contribution in [2.24, 2.45) is 5.10 Å². The lowest BCUT2D eigenvalue weighted by Gasteiger charge is -2.23. The number of amides is 1. The van der Waals surface area contributed by atoms with E-state index in [-0.39, 0.29) is 5.69 Å². The predicted octanol–water partition coefficient (Wildman–Crippen LogP) is 2.26. The second kappa shape index (κ2) is 8.68. The highest BCUT2D eigenvalue weighted by Gasteiger charge is 2.23. The first-order valence-corrected chi connectivity index (χ1v) is 9.72. The molecule has 9 heteroatoms. The number of ether oxygens (including phenoxy) is 1. The van der Waals surface area contributed by atoms with Gasteiger partial charge in [0.25, 0.3) is 5.91 Å². The van der Waals surface area contributed by atoms with Gasteiger partial charge >= 0.3 is 0 Å². The predicted molar refractivity (Wildman–Crippen MR) is 102 cm³/mol. The van der Waals surface area contributed by atoms with Crippen molar-refractivity contribution in [1.82, 2.24) is 5.43 Å². The minimum absolute atomic E-state index is 0.266. The highest BCUT2D eigenvalue weighted by atomic mass is 35.5. The molecule has 2 aromatic rings. The van der Waals surface area contributed by atoms with Crippen molar-refractivity contribution < 1.29 is 17.9 Å². The van der Waals surface area contributed by atoms with Crippen molar-refractivity contribution in [1.29, 1.82) is 0 Å². The van der Waals surface area contributed by atoms with Crippen LogP contribution < -0.4 is 14.5 Å². The molecule has 0 radical (unpaired) electrons. The summed E-state index contributed by atoms with van der Waals surface area (Å²) < 4.78 is 30.3. The van der Waals surface area contributed by atoms with Gasteiger partial charge in [-0.2, -0.15) is 5.10 Å². The second-order valence-corrected chi connectivity index (χ2v) is 7.57. The monoisotopic (exact) mass is 395 g/mol. The molecule has 0 saturated heterocycles. The Kier molecular flexibility index (Phi) is 6.59. The van der Waals surface area contributed by atoms with Crippen molar-refractivity contribution in [2.75, 3.05) is 24.2 Å². The number of anilines is 1. The number of methoxy groups -OCH3 is 1. The Balaban J connectivity index is 2.14. The lowest BCUT2D eigenvalue weighted by atomic mass is 10.2. The maximum Gasteiger partial charge on any atom is 0.260 e. The van der Waals surface area contributed by atoms with Crippen LogP contribution in [0, 0.1) is 0 Å². The SMILES string of the molecule is COc1ccccc1N(CC(=O)N/N=C\c1ccccc1Cl)S(C)(=O)=O. The van der Waals surface area contributed by atoms with Gasteiger partial charge in [0.2, 0.25) is 10.0 Å². The van der Waals surface area contributed by atoms with E-state index in [0.29, 0.717) is 16.3 Å². The van der Waals surface area contributed by atoms with Gasteiger partial charge in [0.05, 0.1) is 25.3 Å². The van der Waals surface area contributed by atoms with Gasteiger partial charge < -0.3 is 4.74 Å². The van der Waals surface area contributed by atoms with Gasteiger partial charge in [0, 0.05) is 10.6 Å². The van der Waals surface area contributed by atoms with Crippen LogP contribution in [0.15, 0.2) is 53.6 Å². The number of benzene rings is 2. The lowest BCUT2D eigenvalue weighted by molar-refractivity contribution is -0.119. The zero-order valence-corrected chi connectivity index (χ0v) is 15.8. The third-order valence-electron chi connectivity index (χ3n) is 3.34. The fraction of sp³-hybridized carbons (Fsp3) is 0.176. The number of para-hydroxylation sites is 2. The molecule has 0 spiro atoms. The molecule has 26 heavy (non-hydrogen) atoms. The molecule has 0 aromatic heterocycles. The van der Waals surface area contributed by atoms with Crippen molar-refractivity contribution in [3.8, 4) is 5.75 Å². The molecule has 0 fully saturated rings. The molecule has 2 rings (SSSR count). The molecule has 0 unspecified atom stereocenters. The number of halogens is 1. The Morgan fingerprint density at radius 1 is 1.23 bits per heavy atom. The molecule has 138 valence electrons. The maximum absolute atomic E-state index is 12.1. The van der Waals surface area contributed by atoms with Gasteiger partial charge in [0.1, 0.15) is 12.3 Å². The molecule has 1 amide bonds. The van der Waals surface area contributed by atoms with Crippen LogP contribution in [0.5, 0.6) is 5.75 Å². The summed E-state index contributed by atoms with van der Waals surface area (Å²) in [5, 5.41) is 4.30. The number of hydrogen-bond acceptors (Lipinski definition) is 5. The molecular formula is C17H18ClN3O4S. The Labute approximate surface area is 157 Å². The van der Waals surface area contributed by atoms with Crippen molar-refractivity contribution in [3.63, 3.8) is 0 Å². The van der Waals surface area contributed by atoms with Gasteiger partial charge in [-0.15, -0.1) is 0 Å². The van der Waals surface area contributed by atoms with Gasteiger partial charge in [-0.05, 0) is 18.2 Å². The van der Waals surface area contributed by atoms with E-state index in [4.69, 9.17) is 16.3 Å². The van der Waals surface area contributed by atoms with E-state index in [1.807, 2.05) is 0 Å². The average molecular weight is 396 g/mol. The van der Waals surface area contributed by atoms with Crippen LogP contribution >= 0.6 is 11.6 Å². The normalized spacial score (nSPS) is 11.3. The topological polar surface area (TPSA) is 88.1 Å². The summed E-state index contributed by atoms with van der Waals surface area (Å²) in [5.74, 6) is -0.269. The first-order chi connectivity index (χ1) is 12.3. The Bertz CT molecular complexity index is 916. The number of nitrogens with zero attached hydrogens (tertiary/aromatic N) is 2. The van der Waals surface area contributed by atoms with Crippen molar-refractivity contribution in [2.45, 2.75) is 0 Å². The van der Waals surface area contributed by atoms with Crippen molar-refractivity contribution >= 4 is 39.4 Å². The highest BCUT2D eigenvalue weighted by molar-refractivity contribution is 7.92. The summed E-state index contributed by atoms with van der Waals surface area (Å²) in [6.07, 6.45) is 2.40. The number of sulfonamides is 1. The van der Waals surface area contributed by atoms with E-state index in [1.54, 1.807) is 48.5 Å². The molecule has 0 heterocycles. The lowest BCUT2D eigenvalue weighted by Crippen LogP contribution is -2.39. The van der Waals surface area contributed by atoms with Crippen LogP contribution in [0.1, 0.15) is 5.56 Å². The van der Waals surface area contributed by atoms with E-state index < -0.39 is 22.5 Å². The molecule has 0 bridgehead atoms. The number of rotatable bonds is 7. The van der Waals surface area contributed by atoms with E-state index in [1.165, 1.54) is 13.3 Å². The third-order valence-corrected chi connectivity index (χ3v) is 4.81. The molecule has 0 saturated carbocycles. The van der Waals surface area contributed by atoms with Gasteiger partial charge in [-0.3, -0.25) is 9.10 Å². The largest absolute Gasteiger partial charge is 0.495 e. The highest BCUT2D eigenvalue weighted by Crippen LogP contribution is 2.29. The third kappa shape index (κ3) is 5.21. The smallest absolute Gasteiger partial charge is 0.260 e. The number of nitrogens with one attached hydrogen (secondary N) is 1. The second-order valence-electron chi connectivity index (χ2n) is 5.26. The summed E-state index contributed by atoms with van der Waals surface area (Å²) in [6.45, 7) is -0.445. The summed E-state index contributed by atoms with van der Waals surface area (Å²) in [7, 11) is -2.29. The van der Waals surface area contributed by atoms with Gasteiger partial charge in [0.15, 0.2) is 0 Å². The zero-order valence-electron chi connectivity index (χ0n) is 14.2. The first-order valence-electron chi connectivity index (χ1n) is 7.50. The molecule has 0 aliphatic rings. The van der Waals surface area contributed by atoms with E-state index in [2.05, 4.69) is 10.5 Å². The van der Waals surface area contributed by atoms with E-state index in [0.717, 1.165) is 10.6 Å². The quantitative estimate of drug-likeness (QED) is 0.575. The van der Waals surface area contributed by atoms with Crippen molar-refractivity contribution in [3.05, 3.63) is 59.1 Å². The fourth-order valence-electron chi connectivity index (χ4n) is 2.14. The summed E-state index contributed by atoms with van der Waals surface area (Å²) in [5.41, 5.74) is 3.18. The van der Waals surface area contributed by atoms with Gasteiger partial charge in [-0.1, -0.05) is 41.9 Å². The van der Waals surface area contributed by atoms with Crippen LogP contribution in [0.25, 0.3) is 0 Å². The Morgan fingerprint density at radius 3 is 2.54 bits per heavy atom. The number of hydrogen-bond donors (Lipinski definition) is 1. The molecule has 0 atom stereocenters. The Morgan fingerprint density at radius 2 is 1.88 bits per heavy atom. The number of carbonyl (C=O) groups excluding carboxylic acids is 1. The molecule has 7 nitrogen and oxygen atoms in total. The molecule has 0 aliphatic heterocycles. The van der Waals surface area contributed by atoms with Crippen LogP contribution in [0.3, 0.4) is 0 Å². The van der Waals surface area contributed by atoms with Gasteiger partial charge in [-0.25, -0.2) is 13.8 Å². The maximum atomic E-state index is 12.1. The summed E-state index contributed by atoms with van der Waals surface area (Å²) in [6, 6.07) is 13.5.